The highest BCUT2D eigenvalue weighted by atomic mass is 16.5. The fraction of sp³-hybridized carbons (Fsp3) is 0.348. The maximum atomic E-state index is 12.6. The molecule has 0 fully saturated rings. The van der Waals surface area contributed by atoms with E-state index in [0.717, 1.165) is 4.90 Å². The molecular weight excluding hydrogens is 402 g/mol. The third-order valence-electron chi connectivity index (χ3n) is 4.57. The second kappa shape index (κ2) is 9.97. The molecule has 0 aliphatic carbocycles. The van der Waals surface area contributed by atoms with Gasteiger partial charge in [-0.1, -0.05) is 12.1 Å². The summed E-state index contributed by atoms with van der Waals surface area (Å²) in [4.78, 5) is 38.5. The number of rotatable bonds is 10. The van der Waals surface area contributed by atoms with Crippen LogP contribution in [0.2, 0.25) is 0 Å². The standard InChI is InChI=1S/C23H25NO7/c1-4-28-18-13-15(14-19(29-5-2)20(18)30-6-3)23(27)31-12-11-24-21(25)16-9-7-8-10-17(16)22(24)26/h7-10,13-14H,4-6,11-12H2,1-3H3. The highest BCUT2D eigenvalue weighted by molar-refractivity contribution is 6.21. The van der Waals surface area contributed by atoms with Gasteiger partial charge in [0.05, 0.1) is 43.1 Å². The Morgan fingerprint density at radius 3 is 1.84 bits per heavy atom. The third-order valence-corrected chi connectivity index (χ3v) is 4.57. The molecule has 31 heavy (non-hydrogen) atoms. The van der Waals surface area contributed by atoms with E-state index < -0.39 is 17.8 Å². The van der Waals surface area contributed by atoms with Crippen molar-refractivity contribution >= 4 is 17.8 Å². The van der Waals surface area contributed by atoms with E-state index in [9.17, 15) is 14.4 Å². The number of benzene rings is 2. The van der Waals surface area contributed by atoms with Crippen LogP contribution >= 0.6 is 0 Å². The van der Waals surface area contributed by atoms with Gasteiger partial charge in [0, 0.05) is 0 Å². The lowest BCUT2D eigenvalue weighted by Crippen LogP contribution is -2.33. The first-order valence-corrected chi connectivity index (χ1v) is 10.2. The second-order valence-corrected chi connectivity index (χ2v) is 6.54. The lowest BCUT2D eigenvalue weighted by Gasteiger charge is -2.17. The zero-order valence-corrected chi connectivity index (χ0v) is 17.8. The number of imide groups is 1. The maximum absolute atomic E-state index is 12.6. The molecular formula is C23H25NO7. The smallest absolute Gasteiger partial charge is 0.338 e. The minimum absolute atomic E-state index is 0.0360. The van der Waals surface area contributed by atoms with Gasteiger partial charge in [0.2, 0.25) is 5.75 Å². The normalized spacial score (nSPS) is 12.5. The molecule has 1 aliphatic heterocycles. The van der Waals surface area contributed by atoms with E-state index in [1.165, 1.54) is 12.1 Å². The quantitative estimate of drug-likeness (QED) is 0.424. The molecule has 1 heterocycles. The van der Waals surface area contributed by atoms with Gasteiger partial charge in [0.1, 0.15) is 6.61 Å². The zero-order chi connectivity index (χ0) is 22.4. The number of esters is 1. The summed E-state index contributed by atoms with van der Waals surface area (Å²) < 4.78 is 22.2. The van der Waals surface area contributed by atoms with Crippen LogP contribution in [0.1, 0.15) is 51.8 Å². The van der Waals surface area contributed by atoms with Crippen LogP contribution in [-0.2, 0) is 4.74 Å². The Bertz CT molecular complexity index is 924. The molecule has 8 nitrogen and oxygen atoms in total. The molecule has 8 heteroatoms. The average molecular weight is 427 g/mol. The Morgan fingerprint density at radius 1 is 0.839 bits per heavy atom. The number of carbonyl (C=O) groups excluding carboxylic acids is 3. The minimum Gasteiger partial charge on any atom is -0.490 e. The van der Waals surface area contributed by atoms with Crippen LogP contribution in [0.5, 0.6) is 17.2 Å². The van der Waals surface area contributed by atoms with Crippen molar-refractivity contribution in [3.05, 3.63) is 53.1 Å². The summed E-state index contributed by atoms with van der Waals surface area (Å²) in [6, 6.07) is 9.66. The van der Waals surface area contributed by atoms with E-state index in [4.69, 9.17) is 18.9 Å². The summed E-state index contributed by atoms with van der Waals surface area (Å²) >= 11 is 0. The van der Waals surface area contributed by atoms with Crippen LogP contribution in [0.3, 0.4) is 0 Å². The van der Waals surface area contributed by atoms with Gasteiger partial charge in [-0.2, -0.15) is 0 Å². The van der Waals surface area contributed by atoms with Crippen molar-refractivity contribution in [3.8, 4) is 17.2 Å². The molecule has 3 rings (SSSR count). The summed E-state index contributed by atoms with van der Waals surface area (Å²) in [5.41, 5.74) is 0.929. The van der Waals surface area contributed by atoms with Crippen LogP contribution in [0.25, 0.3) is 0 Å². The maximum Gasteiger partial charge on any atom is 0.338 e. The van der Waals surface area contributed by atoms with Crippen molar-refractivity contribution < 1.29 is 33.3 Å². The van der Waals surface area contributed by atoms with Crippen LogP contribution in [0, 0.1) is 0 Å². The molecule has 0 bridgehead atoms. The molecule has 164 valence electrons. The molecule has 2 aromatic rings. The monoisotopic (exact) mass is 427 g/mol. The van der Waals surface area contributed by atoms with Crippen molar-refractivity contribution in [1.29, 1.82) is 0 Å². The van der Waals surface area contributed by atoms with Gasteiger partial charge >= 0.3 is 5.97 Å². The highest BCUT2D eigenvalue weighted by Crippen LogP contribution is 2.39. The van der Waals surface area contributed by atoms with Crippen molar-refractivity contribution in [3.63, 3.8) is 0 Å². The zero-order valence-electron chi connectivity index (χ0n) is 17.8. The number of amides is 2. The van der Waals surface area contributed by atoms with Crippen molar-refractivity contribution in [2.24, 2.45) is 0 Å². The SMILES string of the molecule is CCOc1cc(C(=O)OCCN2C(=O)c3ccccc3C2=O)cc(OCC)c1OCC. The Balaban J connectivity index is 1.70. The van der Waals surface area contributed by atoms with E-state index >= 15 is 0 Å². The van der Waals surface area contributed by atoms with Gasteiger partial charge in [-0.3, -0.25) is 14.5 Å². The van der Waals surface area contributed by atoms with Crippen LogP contribution in [0.4, 0.5) is 0 Å². The van der Waals surface area contributed by atoms with Crippen molar-refractivity contribution in [1.82, 2.24) is 4.90 Å². The number of carbonyl (C=O) groups is 3. The molecule has 2 aromatic carbocycles. The Morgan fingerprint density at radius 2 is 1.35 bits per heavy atom. The molecule has 0 radical (unpaired) electrons. The van der Waals surface area contributed by atoms with Crippen LogP contribution < -0.4 is 14.2 Å². The first-order chi connectivity index (χ1) is 15.0. The van der Waals surface area contributed by atoms with E-state index in [0.29, 0.717) is 48.2 Å². The number of nitrogens with zero attached hydrogens (tertiary/aromatic N) is 1. The summed E-state index contributed by atoms with van der Waals surface area (Å²) in [6.07, 6.45) is 0. The fourth-order valence-electron chi connectivity index (χ4n) is 3.26. The van der Waals surface area contributed by atoms with E-state index in [-0.39, 0.29) is 18.7 Å². The number of fused-ring (bicyclic) bond motifs is 1. The minimum atomic E-state index is -0.624. The fourth-order valence-corrected chi connectivity index (χ4v) is 3.26. The third kappa shape index (κ3) is 4.63. The van der Waals surface area contributed by atoms with Gasteiger partial charge in [-0.25, -0.2) is 4.79 Å². The van der Waals surface area contributed by atoms with E-state index in [2.05, 4.69) is 0 Å². The van der Waals surface area contributed by atoms with E-state index in [1.807, 2.05) is 20.8 Å². The second-order valence-electron chi connectivity index (χ2n) is 6.54. The highest BCUT2D eigenvalue weighted by Gasteiger charge is 2.34. The van der Waals surface area contributed by atoms with Crippen molar-refractivity contribution in [2.75, 3.05) is 33.0 Å². The Hall–Kier alpha value is -3.55. The molecule has 1 aliphatic rings. The average Bonchev–Trinajstić information content (AvgIpc) is 3.01. The van der Waals surface area contributed by atoms with Crippen LogP contribution in [-0.4, -0.2) is 55.7 Å². The summed E-state index contributed by atoms with van der Waals surface area (Å²) in [7, 11) is 0. The molecule has 0 N–H and O–H groups in total. The largest absolute Gasteiger partial charge is 0.490 e. The molecule has 0 unspecified atom stereocenters. The molecule has 0 saturated carbocycles. The Kier molecular flexibility index (Phi) is 7.12. The van der Waals surface area contributed by atoms with Gasteiger partial charge in [-0.15, -0.1) is 0 Å². The van der Waals surface area contributed by atoms with E-state index in [1.54, 1.807) is 24.3 Å². The predicted octanol–water partition coefficient (Wildman–Crippen LogP) is 3.34. The molecule has 0 spiro atoms. The van der Waals surface area contributed by atoms with Gasteiger partial charge in [-0.05, 0) is 45.0 Å². The molecule has 2 amide bonds. The summed E-state index contributed by atoms with van der Waals surface area (Å²) in [5, 5.41) is 0. The van der Waals surface area contributed by atoms with Gasteiger partial charge in [0.15, 0.2) is 11.5 Å². The van der Waals surface area contributed by atoms with Gasteiger partial charge < -0.3 is 18.9 Å². The topological polar surface area (TPSA) is 91.4 Å². The number of hydrogen-bond donors (Lipinski definition) is 0. The first kappa shape index (κ1) is 22.1. The lowest BCUT2D eigenvalue weighted by molar-refractivity contribution is 0.0419. The summed E-state index contributed by atoms with van der Waals surface area (Å²) in [6.45, 7) is 6.48. The molecule has 0 atom stereocenters. The lowest BCUT2D eigenvalue weighted by atomic mass is 10.1. The number of ether oxygens (including phenoxy) is 4. The van der Waals surface area contributed by atoms with Gasteiger partial charge in [0.25, 0.3) is 11.8 Å². The number of hydrogen-bond acceptors (Lipinski definition) is 7. The first-order valence-electron chi connectivity index (χ1n) is 10.2. The van der Waals surface area contributed by atoms with Crippen molar-refractivity contribution in [2.45, 2.75) is 20.8 Å². The molecule has 0 saturated heterocycles. The summed E-state index contributed by atoms with van der Waals surface area (Å²) in [5.74, 6) is -0.231. The molecule has 0 aromatic heterocycles. The predicted molar refractivity (Wildman–Crippen MR) is 112 cm³/mol. The van der Waals surface area contributed by atoms with Crippen LogP contribution in [0.15, 0.2) is 36.4 Å². The Labute approximate surface area is 180 Å².